The molecule has 0 saturated heterocycles. The maximum Gasteiger partial charge on any atom is 0.133 e. The second kappa shape index (κ2) is 15.2. The molecule has 250 valence electrons. The largest absolute Gasteiger partial charge is 0.307 e. The second-order valence-electron chi connectivity index (χ2n) is 11.8. The Labute approximate surface area is 303 Å². The van der Waals surface area contributed by atoms with E-state index in [1.54, 1.807) is 0 Å². The van der Waals surface area contributed by atoms with Crippen molar-refractivity contribution in [2.75, 3.05) is 9.80 Å². The van der Waals surface area contributed by atoms with Gasteiger partial charge in [-0.25, -0.2) is 9.97 Å². The molecule has 2 heterocycles. The van der Waals surface area contributed by atoms with Crippen molar-refractivity contribution in [3.05, 3.63) is 169 Å². The van der Waals surface area contributed by atoms with E-state index >= 15 is 0 Å². The summed E-state index contributed by atoms with van der Waals surface area (Å²) in [6.07, 6.45) is 12.6. The number of allylic oxidation sites excluding steroid dienone is 6. The van der Waals surface area contributed by atoms with Crippen molar-refractivity contribution in [1.29, 1.82) is 0 Å². The van der Waals surface area contributed by atoms with Crippen molar-refractivity contribution in [2.24, 2.45) is 0 Å². The number of hydrogen-bond acceptors (Lipinski definition) is 7. The Balaban J connectivity index is 1.73. The van der Waals surface area contributed by atoms with Crippen LogP contribution in [-0.4, -0.2) is 18.7 Å². The third kappa shape index (κ3) is 6.35. The molecule has 7 rings (SSSR count). The zero-order valence-corrected chi connectivity index (χ0v) is 29.9. The molecule has 7 aromatic rings. The van der Waals surface area contributed by atoms with Crippen molar-refractivity contribution in [3.63, 3.8) is 0 Å². The number of fused-ring (bicyclic) bond motifs is 2. The number of rotatable bonds is 10. The first-order chi connectivity index (χ1) is 25.2. The number of benzene rings is 5. The maximum absolute atomic E-state index is 5.66. The Hall–Kier alpha value is -6.18. The summed E-state index contributed by atoms with van der Waals surface area (Å²) in [5, 5.41) is 0. The quantitative estimate of drug-likeness (QED) is 0.106. The summed E-state index contributed by atoms with van der Waals surface area (Å²) in [6.45, 7) is 8.18. The van der Waals surface area contributed by atoms with Gasteiger partial charge in [0.25, 0.3) is 0 Å². The monoisotopic (exact) mass is 682 g/mol. The standard InChI is InChI=1S/C44H38N6S/c1-5-21-33(7-3)49(35-27-17-11-18-28-35)43-39-40(46-38(32-25-15-10-16-26-32)37(45-39)31-23-13-9-14-24-31)44(42-41(43)47-51-48-42)50(34(8-4)22-6-2)36-29-19-12-20-30-36/h5-30H,1-4H3/b21-5-,22-6-,33-7+,34-8+. The van der Waals surface area contributed by atoms with Gasteiger partial charge >= 0.3 is 0 Å². The Kier molecular flexibility index (Phi) is 9.90. The molecule has 6 nitrogen and oxygen atoms in total. The molecule has 7 heteroatoms. The molecule has 0 aliphatic carbocycles. The molecule has 5 aromatic carbocycles. The van der Waals surface area contributed by atoms with Crippen LogP contribution >= 0.6 is 11.7 Å². The SMILES string of the molecule is C/C=C\C(=C/C)N(c1ccccc1)c1c2nsnc2c(N(C(/C=C\C)=C/C)c2ccccc2)c2nc(-c3ccccc3)c(-c3ccccc3)nc12. The molecule has 0 aliphatic rings. The number of para-hydroxylation sites is 2. The molecule has 0 aliphatic heterocycles. The summed E-state index contributed by atoms with van der Waals surface area (Å²) in [6, 6.07) is 41.4. The van der Waals surface area contributed by atoms with Crippen LogP contribution in [-0.2, 0) is 0 Å². The molecular formula is C44H38N6S. The number of nitrogens with zero attached hydrogens (tertiary/aromatic N) is 6. The van der Waals surface area contributed by atoms with Gasteiger partial charge < -0.3 is 9.80 Å². The molecule has 0 radical (unpaired) electrons. The third-order valence-corrected chi connectivity index (χ3v) is 9.16. The van der Waals surface area contributed by atoms with Crippen LogP contribution in [0.25, 0.3) is 44.6 Å². The molecule has 0 N–H and O–H groups in total. The maximum atomic E-state index is 5.66. The molecule has 0 fully saturated rings. The minimum atomic E-state index is 0.716. The van der Waals surface area contributed by atoms with Crippen molar-refractivity contribution < 1.29 is 0 Å². The summed E-state index contributed by atoms with van der Waals surface area (Å²) in [5.74, 6) is 0. The van der Waals surface area contributed by atoms with Gasteiger partial charge in [0, 0.05) is 33.9 Å². The normalized spacial score (nSPS) is 12.4. The van der Waals surface area contributed by atoms with Crippen LogP contribution in [0, 0.1) is 0 Å². The average Bonchev–Trinajstić information content (AvgIpc) is 3.68. The van der Waals surface area contributed by atoms with Gasteiger partial charge in [-0.15, -0.1) is 0 Å². The lowest BCUT2D eigenvalue weighted by Gasteiger charge is -2.31. The highest BCUT2D eigenvalue weighted by Crippen LogP contribution is 2.49. The fraction of sp³-hybridized carbons (Fsp3) is 0.0909. The van der Waals surface area contributed by atoms with Crippen LogP contribution in [0.1, 0.15) is 27.7 Å². The number of anilines is 4. The van der Waals surface area contributed by atoms with E-state index in [-0.39, 0.29) is 0 Å². The Bertz CT molecular complexity index is 2230. The highest BCUT2D eigenvalue weighted by atomic mass is 32.1. The Morgan fingerprint density at radius 1 is 0.471 bits per heavy atom. The highest BCUT2D eigenvalue weighted by Gasteiger charge is 2.31. The van der Waals surface area contributed by atoms with Gasteiger partial charge in [-0.1, -0.05) is 121 Å². The minimum Gasteiger partial charge on any atom is -0.307 e. The molecule has 0 spiro atoms. The summed E-state index contributed by atoms with van der Waals surface area (Å²) in [4.78, 5) is 15.8. The van der Waals surface area contributed by atoms with Crippen molar-refractivity contribution in [1.82, 2.24) is 18.7 Å². The average molecular weight is 683 g/mol. The lowest BCUT2D eigenvalue weighted by molar-refractivity contribution is 1.18. The molecule has 0 bridgehead atoms. The molecule has 0 saturated carbocycles. The Morgan fingerprint density at radius 2 is 0.824 bits per heavy atom. The molecule has 0 amide bonds. The summed E-state index contributed by atoms with van der Waals surface area (Å²) < 4.78 is 10.1. The van der Waals surface area contributed by atoms with Gasteiger partial charge in [-0.3, -0.25) is 0 Å². The van der Waals surface area contributed by atoms with Crippen molar-refractivity contribution in [2.45, 2.75) is 27.7 Å². The van der Waals surface area contributed by atoms with Crippen LogP contribution in [0.3, 0.4) is 0 Å². The van der Waals surface area contributed by atoms with Gasteiger partial charge in [0.2, 0.25) is 0 Å². The lowest BCUT2D eigenvalue weighted by atomic mass is 10.0. The molecule has 51 heavy (non-hydrogen) atoms. The van der Waals surface area contributed by atoms with Gasteiger partial charge in [0.15, 0.2) is 0 Å². The lowest BCUT2D eigenvalue weighted by Crippen LogP contribution is -2.20. The minimum absolute atomic E-state index is 0.716. The first-order valence-corrected chi connectivity index (χ1v) is 17.8. The van der Waals surface area contributed by atoms with Crippen LogP contribution in [0.5, 0.6) is 0 Å². The summed E-state index contributed by atoms with van der Waals surface area (Å²) in [7, 11) is 0. The van der Waals surface area contributed by atoms with E-state index in [4.69, 9.17) is 18.7 Å². The van der Waals surface area contributed by atoms with Crippen LogP contribution in [0.2, 0.25) is 0 Å². The van der Waals surface area contributed by atoms with E-state index in [0.29, 0.717) is 11.0 Å². The second-order valence-corrected chi connectivity index (χ2v) is 12.3. The topological polar surface area (TPSA) is 58.0 Å². The fourth-order valence-electron chi connectivity index (χ4n) is 6.42. The first-order valence-electron chi connectivity index (χ1n) is 17.1. The van der Waals surface area contributed by atoms with Crippen molar-refractivity contribution >= 4 is 56.5 Å². The van der Waals surface area contributed by atoms with Gasteiger partial charge in [-0.2, -0.15) is 8.75 Å². The first kappa shape index (κ1) is 33.3. The molecular weight excluding hydrogens is 645 g/mol. The fourth-order valence-corrected chi connectivity index (χ4v) is 6.97. The smallest absolute Gasteiger partial charge is 0.133 e. The van der Waals surface area contributed by atoms with Gasteiger partial charge in [0.1, 0.15) is 33.4 Å². The van der Waals surface area contributed by atoms with E-state index in [0.717, 1.165) is 67.7 Å². The van der Waals surface area contributed by atoms with Crippen LogP contribution in [0.4, 0.5) is 22.7 Å². The van der Waals surface area contributed by atoms with Gasteiger partial charge in [-0.05, 0) is 64.1 Å². The Morgan fingerprint density at radius 3 is 1.16 bits per heavy atom. The predicted molar refractivity (Wildman–Crippen MR) is 216 cm³/mol. The zero-order valence-electron chi connectivity index (χ0n) is 29.1. The third-order valence-electron chi connectivity index (χ3n) is 8.63. The highest BCUT2D eigenvalue weighted by molar-refractivity contribution is 7.00. The molecule has 0 unspecified atom stereocenters. The van der Waals surface area contributed by atoms with Crippen LogP contribution < -0.4 is 9.80 Å². The van der Waals surface area contributed by atoms with Crippen LogP contribution in [0.15, 0.2) is 169 Å². The molecule has 0 atom stereocenters. The van der Waals surface area contributed by atoms with E-state index in [2.05, 4.69) is 133 Å². The van der Waals surface area contributed by atoms with E-state index in [9.17, 15) is 0 Å². The summed E-state index contributed by atoms with van der Waals surface area (Å²) in [5.41, 5.74) is 12.0. The summed E-state index contributed by atoms with van der Waals surface area (Å²) >= 11 is 1.20. The predicted octanol–water partition coefficient (Wildman–Crippen LogP) is 12.2. The van der Waals surface area contributed by atoms with E-state index in [1.807, 2.05) is 62.4 Å². The van der Waals surface area contributed by atoms with E-state index < -0.39 is 0 Å². The van der Waals surface area contributed by atoms with Crippen molar-refractivity contribution in [3.8, 4) is 22.5 Å². The number of aromatic nitrogens is 4. The molecule has 2 aromatic heterocycles. The zero-order chi connectivity index (χ0) is 35.2. The van der Waals surface area contributed by atoms with E-state index in [1.165, 1.54) is 11.7 Å². The number of hydrogen-bond donors (Lipinski definition) is 0. The van der Waals surface area contributed by atoms with Gasteiger partial charge in [0.05, 0.1) is 23.1 Å².